The lowest BCUT2D eigenvalue weighted by atomic mass is 10.1. The first kappa shape index (κ1) is 19.9. The normalized spacial score (nSPS) is 18.5. The van der Waals surface area contributed by atoms with Gasteiger partial charge in [0.1, 0.15) is 6.07 Å². The fourth-order valence-electron chi connectivity index (χ4n) is 3.81. The second kappa shape index (κ2) is 8.13. The highest BCUT2D eigenvalue weighted by atomic mass is 16.3. The molecule has 3 aromatic heterocycles. The number of nitriles is 1. The van der Waals surface area contributed by atoms with Crippen LogP contribution >= 0.6 is 0 Å². The average Bonchev–Trinajstić information content (AvgIpc) is 3.32. The van der Waals surface area contributed by atoms with E-state index in [1.165, 1.54) is 6.20 Å². The van der Waals surface area contributed by atoms with Gasteiger partial charge in [-0.05, 0) is 57.4 Å². The second-order valence-corrected chi connectivity index (χ2v) is 7.96. The molecule has 1 amide bonds. The third-order valence-corrected chi connectivity index (χ3v) is 5.22. The summed E-state index contributed by atoms with van der Waals surface area (Å²) in [5.41, 5.74) is 3.89. The Morgan fingerprint density at radius 1 is 1.30 bits per heavy atom. The van der Waals surface area contributed by atoms with Crippen molar-refractivity contribution in [2.45, 2.75) is 51.3 Å². The fourth-order valence-corrected chi connectivity index (χ4v) is 3.81. The Labute approximate surface area is 174 Å². The van der Waals surface area contributed by atoms with Crippen molar-refractivity contribution in [1.82, 2.24) is 19.9 Å². The number of fused-ring (bicyclic) bond motifs is 1. The molecule has 1 aliphatic carbocycles. The van der Waals surface area contributed by atoms with Crippen molar-refractivity contribution in [2.24, 2.45) is 0 Å². The summed E-state index contributed by atoms with van der Waals surface area (Å²) in [4.78, 5) is 17.4. The lowest BCUT2D eigenvalue weighted by Gasteiger charge is -2.18. The molecular weight excluding hydrogens is 380 g/mol. The number of carbonyl (C=O) groups excluding carboxylic acids is 1. The van der Waals surface area contributed by atoms with Crippen LogP contribution in [0.15, 0.2) is 36.7 Å². The summed E-state index contributed by atoms with van der Waals surface area (Å²) in [5.74, 6) is -0.201. The van der Waals surface area contributed by atoms with E-state index >= 15 is 0 Å². The van der Waals surface area contributed by atoms with Crippen molar-refractivity contribution in [1.29, 1.82) is 5.26 Å². The van der Waals surface area contributed by atoms with Crippen molar-refractivity contribution >= 4 is 17.1 Å². The van der Waals surface area contributed by atoms with Gasteiger partial charge in [0.2, 0.25) is 0 Å². The summed E-state index contributed by atoms with van der Waals surface area (Å²) in [6.45, 7) is 4.01. The summed E-state index contributed by atoms with van der Waals surface area (Å²) in [6.07, 6.45) is 4.81. The predicted molar refractivity (Wildman–Crippen MR) is 113 cm³/mol. The molecule has 0 radical (unpaired) electrons. The Balaban J connectivity index is 1.67. The fraction of sp³-hybridized carbons (Fsp3) is 0.364. The summed E-state index contributed by atoms with van der Waals surface area (Å²) in [5, 5.41) is 29.5. The van der Waals surface area contributed by atoms with Gasteiger partial charge in [0.25, 0.3) is 5.91 Å². The van der Waals surface area contributed by atoms with E-state index in [4.69, 9.17) is 5.26 Å². The van der Waals surface area contributed by atoms with Crippen LogP contribution in [0.2, 0.25) is 0 Å². The molecule has 8 nitrogen and oxygen atoms in total. The van der Waals surface area contributed by atoms with Crippen molar-refractivity contribution in [2.75, 3.05) is 5.32 Å². The molecule has 1 fully saturated rings. The third kappa shape index (κ3) is 3.98. The van der Waals surface area contributed by atoms with Gasteiger partial charge in [0.05, 0.1) is 46.0 Å². The molecule has 3 heterocycles. The Bertz CT molecular complexity index is 1130. The first-order valence-electron chi connectivity index (χ1n) is 10.1. The van der Waals surface area contributed by atoms with Gasteiger partial charge in [-0.15, -0.1) is 0 Å². The zero-order valence-corrected chi connectivity index (χ0v) is 17.0. The summed E-state index contributed by atoms with van der Waals surface area (Å²) >= 11 is 0. The number of anilines is 1. The molecule has 30 heavy (non-hydrogen) atoms. The van der Waals surface area contributed by atoms with Gasteiger partial charge >= 0.3 is 0 Å². The highest BCUT2D eigenvalue weighted by molar-refractivity contribution is 6.00. The van der Waals surface area contributed by atoms with Gasteiger partial charge < -0.3 is 15.7 Å². The van der Waals surface area contributed by atoms with Gasteiger partial charge in [0, 0.05) is 18.3 Å². The summed E-state index contributed by atoms with van der Waals surface area (Å²) in [6, 6.07) is 9.58. The molecule has 2 atom stereocenters. The van der Waals surface area contributed by atoms with E-state index in [0.717, 1.165) is 17.6 Å². The Hall–Kier alpha value is -3.44. The SMILES string of the molecule is CC(C)Nc1cc(-c2ccc3cc(C#N)cnn23)ncc1C(=O)N[C@@H]1CC[C@@H](O)C1. The highest BCUT2D eigenvalue weighted by Crippen LogP contribution is 2.26. The van der Waals surface area contributed by atoms with Crippen LogP contribution in [0.1, 0.15) is 49.0 Å². The highest BCUT2D eigenvalue weighted by Gasteiger charge is 2.25. The molecule has 0 saturated heterocycles. The van der Waals surface area contributed by atoms with Gasteiger partial charge in [-0.2, -0.15) is 10.4 Å². The lowest BCUT2D eigenvalue weighted by Crippen LogP contribution is -2.34. The zero-order valence-electron chi connectivity index (χ0n) is 17.0. The first-order valence-corrected chi connectivity index (χ1v) is 10.1. The van der Waals surface area contributed by atoms with E-state index < -0.39 is 0 Å². The molecule has 3 aromatic rings. The Kier molecular flexibility index (Phi) is 5.38. The van der Waals surface area contributed by atoms with E-state index in [2.05, 4.69) is 26.8 Å². The van der Waals surface area contributed by atoms with Crippen molar-refractivity contribution in [3.63, 3.8) is 0 Å². The number of nitrogens with zero attached hydrogens (tertiary/aromatic N) is 4. The molecule has 8 heteroatoms. The standard InChI is InChI=1S/C22H24N6O2/c1-13(2)26-19-9-20(21-6-4-16-7-14(10-23)11-25-28(16)21)24-12-18(19)22(30)27-15-3-5-17(29)8-15/h4,6-7,9,11-13,15,17,29H,3,5,8H2,1-2H3,(H,24,26)(H,27,30)/t15-,17-/m1/s1. The van der Waals surface area contributed by atoms with Gasteiger partial charge in [-0.3, -0.25) is 9.78 Å². The number of aliphatic hydroxyl groups is 1. The largest absolute Gasteiger partial charge is 0.393 e. The zero-order chi connectivity index (χ0) is 21.3. The minimum Gasteiger partial charge on any atom is -0.393 e. The lowest BCUT2D eigenvalue weighted by molar-refractivity contribution is 0.0934. The monoisotopic (exact) mass is 404 g/mol. The van der Waals surface area contributed by atoms with Crippen molar-refractivity contribution in [3.8, 4) is 17.5 Å². The van der Waals surface area contributed by atoms with E-state index in [1.807, 2.05) is 32.0 Å². The quantitative estimate of drug-likeness (QED) is 0.602. The summed E-state index contributed by atoms with van der Waals surface area (Å²) in [7, 11) is 0. The van der Waals surface area contributed by atoms with Gasteiger partial charge in [0.15, 0.2) is 0 Å². The Morgan fingerprint density at radius 2 is 2.13 bits per heavy atom. The maximum Gasteiger partial charge on any atom is 0.255 e. The minimum atomic E-state index is -0.347. The molecule has 0 aliphatic heterocycles. The molecule has 0 aromatic carbocycles. The van der Waals surface area contributed by atoms with Crippen LogP contribution in [-0.4, -0.2) is 43.8 Å². The molecule has 0 unspecified atom stereocenters. The van der Waals surface area contributed by atoms with Crippen LogP contribution in [0.25, 0.3) is 16.9 Å². The predicted octanol–water partition coefficient (Wildman–Crippen LogP) is 2.73. The number of amides is 1. The van der Waals surface area contributed by atoms with Crippen LogP contribution < -0.4 is 10.6 Å². The van der Waals surface area contributed by atoms with E-state index in [1.54, 1.807) is 16.8 Å². The first-order chi connectivity index (χ1) is 14.4. The number of aromatic nitrogens is 3. The third-order valence-electron chi connectivity index (χ3n) is 5.22. The molecule has 0 spiro atoms. The van der Waals surface area contributed by atoms with E-state index in [9.17, 15) is 9.90 Å². The number of hydrogen-bond acceptors (Lipinski definition) is 6. The van der Waals surface area contributed by atoms with E-state index in [-0.39, 0.29) is 24.1 Å². The van der Waals surface area contributed by atoms with Crippen molar-refractivity contribution in [3.05, 3.63) is 47.8 Å². The van der Waals surface area contributed by atoms with Gasteiger partial charge in [-0.1, -0.05) is 0 Å². The molecule has 1 aliphatic rings. The van der Waals surface area contributed by atoms with Crippen LogP contribution in [0, 0.1) is 11.3 Å². The molecule has 3 N–H and O–H groups in total. The summed E-state index contributed by atoms with van der Waals surface area (Å²) < 4.78 is 1.72. The molecular formula is C22H24N6O2. The maximum absolute atomic E-state index is 12.9. The molecule has 1 saturated carbocycles. The topological polar surface area (TPSA) is 115 Å². The molecule has 4 rings (SSSR count). The molecule has 154 valence electrons. The van der Waals surface area contributed by atoms with Crippen LogP contribution in [-0.2, 0) is 0 Å². The maximum atomic E-state index is 12.9. The van der Waals surface area contributed by atoms with Crippen LogP contribution in [0.5, 0.6) is 0 Å². The number of pyridine rings is 1. The van der Waals surface area contributed by atoms with Crippen LogP contribution in [0.4, 0.5) is 5.69 Å². The minimum absolute atomic E-state index is 0.0211. The second-order valence-electron chi connectivity index (χ2n) is 7.96. The number of nitrogens with one attached hydrogen (secondary N) is 2. The van der Waals surface area contributed by atoms with Crippen molar-refractivity contribution < 1.29 is 9.90 Å². The average molecular weight is 404 g/mol. The van der Waals surface area contributed by atoms with Crippen LogP contribution in [0.3, 0.4) is 0 Å². The number of hydrogen-bond donors (Lipinski definition) is 3. The number of rotatable bonds is 5. The number of aliphatic hydroxyl groups excluding tert-OH is 1. The van der Waals surface area contributed by atoms with Gasteiger partial charge in [-0.25, -0.2) is 4.52 Å². The Morgan fingerprint density at radius 3 is 2.83 bits per heavy atom. The smallest absolute Gasteiger partial charge is 0.255 e. The van der Waals surface area contributed by atoms with E-state index in [0.29, 0.717) is 35.3 Å². The number of carbonyl (C=O) groups is 1. The molecule has 0 bridgehead atoms.